The van der Waals surface area contributed by atoms with Crippen LogP contribution in [0, 0.1) is 5.92 Å². The van der Waals surface area contributed by atoms with E-state index in [1.807, 2.05) is 13.8 Å². The molecule has 1 aromatic rings. The number of aryl methyl sites for hydroxylation is 1. The van der Waals surface area contributed by atoms with Gasteiger partial charge in [0, 0.05) is 25.4 Å². The van der Waals surface area contributed by atoms with Crippen molar-refractivity contribution in [1.29, 1.82) is 0 Å². The highest BCUT2D eigenvalue weighted by Gasteiger charge is 2.08. The van der Waals surface area contributed by atoms with Crippen LogP contribution in [0.5, 0.6) is 0 Å². The molecule has 122 valence electrons. The molecule has 0 saturated carbocycles. The number of hydrogen-bond acceptors (Lipinski definition) is 4. The lowest BCUT2D eigenvalue weighted by atomic mass is 10.1. The van der Waals surface area contributed by atoms with E-state index in [2.05, 4.69) is 34.3 Å². The number of hydrogen-bond donors (Lipinski definition) is 2. The van der Waals surface area contributed by atoms with Crippen LogP contribution >= 0.6 is 24.0 Å². The molecule has 0 atom stereocenters. The standard InChI is InChI=1S/C14H27N5O.HI/c1-10(2)7-9-17-14(15)16-8-5-6-12-18-13(11(3)4)19-20-12;/h10-11H,5-9H2,1-4H3,(H3,15,16,17);1H. The molecule has 0 fully saturated rings. The molecule has 7 heteroatoms. The third-order valence-corrected chi connectivity index (χ3v) is 2.86. The van der Waals surface area contributed by atoms with Crippen molar-refractivity contribution in [2.75, 3.05) is 13.1 Å². The molecule has 3 N–H and O–H groups in total. The lowest BCUT2D eigenvalue weighted by molar-refractivity contribution is 0.369. The van der Waals surface area contributed by atoms with Crippen LogP contribution in [-0.2, 0) is 6.42 Å². The minimum Gasteiger partial charge on any atom is -0.370 e. The largest absolute Gasteiger partial charge is 0.370 e. The van der Waals surface area contributed by atoms with Gasteiger partial charge in [-0.05, 0) is 18.8 Å². The van der Waals surface area contributed by atoms with E-state index in [1.165, 1.54) is 0 Å². The van der Waals surface area contributed by atoms with Crippen molar-refractivity contribution in [2.24, 2.45) is 16.6 Å². The smallest absolute Gasteiger partial charge is 0.226 e. The number of aromatic nitrogens is 2. The second kappa shape index (κ2) is 10.8. The zero-order valence-corrected chi connectivity index (χ0v) is 15.8. The molecule has 0 amide bonds. The predicted molar refractivity (Wildman–Crippen MR) is 96.1 cm³/mol. The molecule has 1 heterocycles. The van der Waals surface area contributed by atoms with Crippen LogP contribution in [-0.4, -0.2) is 29.2 Å². The number of guanidine groups is 1. The van der Waals surface area contributed by atoms with Gasteiger partial charge < -0.3 is 15.6 Å². The minimum atomic E-state index is 0. The topological polar surface area (TPSA) is 89.3 Å². The first-order chi connectivity index (χ1) is 9.49. The summed E-state index contributed by atoms with van der Waals surface area (Å²) in [6.07, 6.45) is 2.69. The van der Waals surface area contributed by atoms with E-state index in [4.69, 9.17) is 10.3 Å². The Labute approximate surface area is 144 Å². The number of nitrogens with one attached hydrogen (secondary N) is 1. The van der Waals surface area contributed by atoms with E-state index in [9.17, 15) is 0 Å². The van der Waals surface area contributed by atoms with Crippen LogP contribution in [0.3, 0.4) is 0 Å². The van der Waals surface area contributed by atoms with Crippen LogP contribution in [0.4, 0.5) is 0 Å². The quantitative estimate of drug-likeness (QED) is 0.298. The van der Waals surface area contributed by atoms with E-state index >= 15 is 0 Å². The van der Waals surface area contributed by atoms with Crippen molar-refractivity contribution in [1.82, 2.24) is 15.5 Å². The van der Waals surface area contributed by atoms with Crippen molar-refractivity contribution in [3.63, 3.8) is 0 Å². The Morgan fingerprint density at radius 1 is 1.33 bits per heavy atom. The first-order valence-corrected chi connectivity index (χ1v) is 7.35. The Morgan fingerprint density at radius 2 is 2.05 bits per heavy atom. The van der Waals surface area contributed by atoms with Crippen molar-refractivity contribution in [2.45, 2.75) is 52.9 Å². The van der Waals surface area contributed by atoms with Crippen LogP contribution in [0.15, 0.2) is 9.52 Å². The summed E-state index contributed by atoms with van der Waals surface area (Å²) in [4.78, 5) is 8.59. The predicted octanol–water partition coefficient (Wildman–Crippen LogP) is 2.69. The van der Waals surface area contributed by atoms with Gasteiger partial charge in [-0.3, -0.25) is 4.99 Å². The molecule has 6 nitrogen and oxygen atoms in total. The maximum Gasteiger partial charge on any atom is 0.226 e. The molecule has 0 radical (unpaired) electrons. The Hall–Kier alpha value is -0.860. The zero-order valence-electron chi connectivity index (χ0n) is 13.4. The minimum absolute atomic E-state index is 0. The first kappa shape index (κ1) is 20.1. The van der Waals surface area contributed by atoms with Gasteiger partial charge in [0.25, 0.3) is 0 Å². The molecule has 1 aromatic heterocycles. The van der Waals surface area contributed by atoms with Gasteiger partial charge in [-0.15, -0.1) is 24.0 Å². The second-order valence-corrected chi connectivity index (χ2v) is 5.68. The Morgan fingerprint density at radius 3 is 2.62 bits per heavy atom. The second-order valence-electron chi connectivity index (χ2n) is 5.68. The summed E-state index contributed by atoms with van der Waals surface area (Å²) in [6, 6.07) is 0. The highest BCUT2D eigenvalue weighted by Crippen LogP contribution is 2.10. The molecular formula is C14H28IN5O. The number of nitrogens with zero attached hydrogens (tertiary/aromatic N) is 3. The molecule has 0 bridgehead atoms. The zero-order chi connectivity index (χ0) is 15.0. The first-order valence-electron chi connectivity index (χ1n) is 7.35. The van der Waals surface area contributed by atoms with Crippen LogP contribution in [0.25, 0.3) is 0 Å². The van der Waals surface area contributed by atoms with E-state index in [0.717, 1.165) is 31.6 Å². The highest BCUT2D eigenvalue weighted by molar-refractivity contribution is 14.0. The highest BCUT2D eigenvalue weighted by atomic mass is 127. The van der Waals surface area contributed by atoms with E-state index in [-0.39, 0.29) is 24.0 Å². The summed E-state index contributed by atoms with van der Waals surface area (Å²) >= 11 is 0. The maximum atomic E-state index is 5.77. The Bertz CT molecular complexity index is 417. The van der Waals surface area contributed by atoms with Crippen LogP contribution in [0.2, 0.25) is 0 Å². The number of rotatable bonds is 8. The fourth-order valence-electron chi connectivity index (χ4n) is 1.58. The monoisotopic (exact) mass is 409 g/mol. The van der Waals surface area contributed by atoms with Gasteiger partial charge in [-0.1, -0.05) is 32.9 Å². The number of halogens is 1. The third-order valence-electron chi connectivity index (χ3n) is 2.86. The van der Waals surface area contributed by atoms with Crippen molar-refractivity contribution in [3.05, 3.63) is 11.7 Å². The Balaban J connectivity index is 0.00000400. The van der Waals surface area contributed by atoms with Crippen molar-refractivity contribution in [3.8, 4) is 0 Å². The SMILES string of the molecule is CC(C)CCNC(N)=NCCCc1nc(C(C)C)no1.I. The van der Waals surface area contributed by atoms with Crippen molar-refractivity contribution < 1.29 is 4.52 Å². The lowest BCUT2D eigenvalue weighted by Gasteiger charge is -2.07. The summed E-state index contributed by atoms with van der Waals surface area (Å²) in [6.45, 7) is 9.99. The van der Waals surface area contributed by atoms with Gasteiger partial charge in [0.05, 0.1) is 0 Å². The number of aliphatic imine (C=N–C) groups is 1. The summed E-state index contributed by atoms with van der Waals surface area (Å²) in [7, 11) is 0. The summed E-state index contributed by atoms with van der Waals surface area (Å²) in [5.41, 5.74) is 5.77. The third kappa shape index (κ3) is 8.90. The summed E-state index contributed by atoms with van der Waals surface area (Å²) in [5.74, 6) is 2.92. The van der Waals surface area contributed by atoms with E-state index in [0.29, 0.717) is 30.2 Å². The summed E-state index contributed by atoms with van der Waals surface area (Å²) < 4.78 is 5.17. The van der Waals surface area contributed by atoms with E-state index in [1.54, 1.807) is 0 Å². The van der Waals surface area contributed by atoms with Gasteiger partial charge in [-0.2, -0.15) is 4.98 Å². The molecule has 0 aliphatic carbocycles. The molecule has 0 aromatic carbocycles. The van der Waals surface area contributed by atoms with Gasteiger partial charge in [0.1, 0.15) is 0 Å². The normalized spacial score (nSPS) is 11.8. The maximum absolute atomic E-state index is 5.77. The molecule has 21 heavy (non-hydrogen) atoms. The van der Waals surface area contributed by atoms with Gasteiger partial charge in [0.2, 0.25) is 5.89 Å². The fraction of sp³-hybridized carbons (Fsp3) is 0.786. The van der Waals surface area contributed by atoms with Gasteiger partial charge in [0.15, 0.2) is 11.8 Å². The fourth-order valence-corrected chi connectivity index (χ4v) is 1.58. The molecular weight excluding hydrogens is 381 g/mol. The molecule has 0 aliphatic rings. The van der Waals surface area contributed by atoms with Gasteiger partial charge >= 0.3 is 0 Å². The molecule has 0 aliphatic heterocycles. The summed E-state index contributed by atoms with van der Waals surface area (Å²) in [5, 5.41) is 7.04. The molecule has 1 rings (SSSR count). The lowest BCUT2D eigenvalue weighted by Crippen LogP contribution is -2.33. The molecule has 0 spiro atoms. The number of nitrogens with two attached hydrogens (primary N) is 1. The molecule has 0 saturated heterocycles. The van der Waals surface area contributed by atoms with Crippen LogP contribution < -0.4 is 11.1 Å². The average Bonchev–Trinajstić information content (AvgIpc) is 2.83. The van der Waals surface area contributed by atoms with Crippen LogP contribution in [0.1, 0.15) is 58.2 Å². The van der Waals surface area contributed by atoms with Crippen molar-refractivity contribution >= 4 is 29.9 Å². The van der Waals surface area contributed by atoms with E-state index < -0.39 is 0 Å². The average molecular weight is 409 g/mol. The Kier molecular flexibility index (Phi) is 10.4. The molecule has 0 unspecified atom stereocenters. The van der Waals surface area contributed by atoms with Gasteiger partial charge in [-0.25, -0.2) is 0 Å².